The van der Waals surface area contributed by atoms with E-state index in [4.69, 9.17) is 21.3 Å². The molecule has 0 amide bonds. The molecule has 0 radical (unpaired) electrons. The van der Waals surface area contributed by atoms with E-state index in [0.717, 1.165) is 49.1 Å². The fourth-order valence-corrected chi connectivity index (χ4v) is 4.10. The fraction of sp³-hybridized carbons (Fsp3) is 0.304. The van der Waals surface area contributed by atoms with Crippen LogP contribution < -0.4 is 4.74 Å². The van der Waals surface area contributed by atoms with Crippen LogP contribution in [-0.2, 0) is 6.54 Å². The lowest BCUT2D eigenvalue weighted by molar-refractivity contribution is 0.0807. The smallest absolute Gasteiger partial charge is 0.170 e. The molecule has 1 unspecified atom stereocenters. The van der Waals surface area contributed by atoms with E-state index in [0.29, 0.717) is 16.3 Å². The Balaban J connectivity index is 1.49. The predicted molar refractivity (Wildman–Crippen MR) is 112 cm³/mol. The zero-order valence-electron chi connectivity index (χ0n) is 15.9. The van der Waals surface area contributed by atoms with Crippen LogP contribution in [0.1, 0.15) is 28.9 Å². The molecule has 0 bridgehead atoms. The van der Waals surface area contributed by atoms with Gasteiger partial charge < -0.3 is 4.74 Å². The summed E-state index contributed by atoms with van der Waals surface area (Å²) in [7, 11) is 1.58. The maximum Gasteiger partial charge on any atom is 0.170 e. The number of likely N-dealkylation sites (tertiary alicyclic amines) is 1. The van der Waals surface area contributed by atoms with Crippen LogP contribution in [0.2, 0.25) is 5.02 Å². The maximum atomic E-state index is 13.1. The second kappa shape index (κ2) is 8.29. The van der Waals surface area contributed by atoms with Crippen molar-refractivity contribution < 1.29 is 9.53 Å². The van der Waals surface area contributed by atoms with E-state index in [-0.39, 0.29) is 11.7 Å². The minimum Gasteiger partial charge on any atom is -0.496 e. The summed E-state index contributed by atoms with van der Waals surface area (Å²) < 4.78 is 5.37. The number of nitrogens with zero attached hydrogens (tertiary/aromatic N) is 2. The first-order valence-corrected chi connectivity index (χ1v) is 9.96. The lowest BCUT2D eigenvalue weighted by Gasteiger charge is -2.32. The van der Waals surface area contributed by atoms with E-state index < -0.39 is 0 Å². The topological polar surface area (TPSA) is 42.4 Å². The highest BCUT2D eigenvalue weighted by Gasteiger charge is 2.28. The third-order valence-electron chi connectivity index (χ3n) is 5.34. The number of Topliss-reactive ketones (excluding diaryl/α,β-unsaturated/α-hetero) is 1. The lowest BCUT2D eigenvalue weighted by atomic mass is 9.89. The van der Waals surface area contributed by atoms with Crippen molar-refractivity contribution in [2.24, 2.45) is 5.92 Å². The zero-order chi connectivity index (χ0) is 19.5. The molecule has 0 N–H and O–H groups in total. The largest absolute Gasteiger partial charge is 0.496 e. The van der Waals surface area contributed by atoms with E-state index in [9.17, 15) is 4.79 Å². The molecular formula is C23H23ClN2O2. The van der Waals surface area contributed by atoms with Gasteiger partial charge in [-0.15, -0.1) is 0 Å². The van der Waals surface area contributed by atoms with Gasteiger partial charge in [0.1, 0.15) is 5.75 Å². The number of para-hydroxylation sites is 1. The minimum atomic E-state index is -0.0541. The second-order valence-electron chi connectivity index (χ2n) is 7.28. The second-order valence-corrected chi connectivity index (χ2v) is 7.71. The monoisotopic (exact) mass is 394 g/mol. The van der Waals surface area contributed by atoms with E-state index >= 15 is 0 Å². The number of carbonyl (C=O) groups excluding carboxylic acids is 1. The molecule has 5 heteroatoms. The van der Waals surface area contributed by atoms with Crippen LogP contribution >= 0.6 is 11.6 Å². The summed E-state index contributed by atoms with van der Waals surface area (Å²) in [4.78, 5) is 20.2. The summed E-state index contributed by atoms with van der Waals surface area (Å²) >= 11 is 6.11. The Hall–Kier alpha value is -2.43. The Labute approximate surface area is 170 Å². The number of aromatic nitrogens is 1. The quantitative estimate of drug-likeness (QED) is 0.571. The van der Waals surface area contributed by atoms with Crippen molar-refractivity contribution in [3.63, 3.8) is 0 Å². The van der Waals surface area contributed by atoms with Gasteiger partial charge in [-0.05, 0) is 49.7 Å². The highest BCUT2D eigenvalue weighted by Crippen LogP contribution is 2.29. The molecular weight excluding hydrogens is 372 g/mol. The SMILES string of the molecule is COc1ccc(Cl)cc1C(=O)C1CCCN(Cc2ccc3ccccc3n2)C1. The number of piperidine rings is 1. The third kappa shape index (κ3) is 4.03. The van der Waals surface area contributed by atoms with Crippen molar-refractivity contribution >= 4 is 28.3 Å². The molecule has 2 heterocycles. The van der Waals surface area contributed by atoms with Gasteiger partial charge in [-0.2, -0.15) is 0 Å². The first kappa shape index (κ1) is 18.9. The van der Waals surface area contributed by atoms with Crippen LogP contribution in [0.5, 0.6) is 5.75 Å². The molecule has 1 saturated heterocycles. The molecule has 1 atom stereocenters. The number of hydrogen-bond donors (Lipinski definition) is 0. The van der Waals surface area contributed by atoms with Gasteiger partial charge >= 0.3 is 0 Å². The van der Waals surface area contributed by atoms with Gasteiger partial charge in [0.25, 0.3) is 0 Å². The van der Waals surface area contributed by atoms with Crippen LogP contribution in [0, 0.1) is 5.92 Å². The molecule has 0 aliphatic carbocycles. The fourth-order valence-electron chi connectivity index (χ4n) is 3.93. The number of fused-ring (bicyclic) bond motifs is 1. The Morgan fingerprint density at radius 1 is 1.21 bits per heavy atom. The van der Waals surface area contributed by atoms with Crippen LogP contribution in [-0.4, -0.2) is 35.9 Å². The normalized spacial score (nSPS) is 17.6. The number of pyridine rings is 1. The van der Waals surface area contributed by atoms with Crippen LogP contribution in [0.25, 0.3) is 10.9 Å². The number of rotatable bonds is 5. The molecule has 1 fully saturated rings. The molecule has 0 spiro atoms. The van der Waals surface area contributed by atoms with Gasteiger partial charge in [0.05, 0.1) is 23.9 Å². The Morgan fingerprint density at radius 3 is 2.93 bits per heavy atom. The number of benzene rings is 2. The minimum absolute atomic E-state index is 0.0541. The molecule has 1 aliphatic heterocycles. The Morgan fingerprint density at radius 2 is 2.07 bits per heavy atom. The number of halogens is 1. The summed E-state index contributed by atoms with van der Waals surface area (Å²) in [6.07, 6.45) is 1.88. The van der Waals surface area contributed by atoms with Gasteiger partial charge in [0.2, 0.25) is 0 Å². The Kier molecular flexibility index (Phi) is 5.60. The summed E-state index contributed by atoms with van der Waals surface area (Å²) in [5, 5.41) is 1.70. The van der Waals surface area contributed by atoms with Crippen LogP contribution in [0.4, 0.5) is 0 Å². The van der Waals surface area contributed by atoms with E-state index in [1.807, 2.05) is 18.2 Å². The molecule has 4 rings (SSSR count). The van der Waals surface area contributed by atoms with Gasteiger partial charge in [0, 0.05) is 29.4 Å². The number of methoxy groups -OCH3 is 1. The van der Waals surface area contributed by atoms with E-state index in [1.54, 1.807) is 25.3 Å². The number of carbonyl (C=O) groups is 1. The first-order valence-electron chi connectivity index (χ1n) is 9.59. The molecule has 1 aliphatic rings. The molecule has 2 aromatic carbocycles. The van der Waals surface area contributed by atoms with E-state index in [1.165, 1.54) is 0 Å². The molecule has 3 aromatic rings. The number of hydrogen-bond acceptors (Lipinski definition) is 4. The van der Waals surface area contributed by atoms with Crippen molar-refractivity contribution in [1.29, 1.82) is 0 Å². The van der Waals surface area contributed by atoms with Crippen LogP contribution in [0.3, 0.4) is 0 Å². The standard InChI is InChI=1S/C23H23ClN2O2/c1-28-22-11-9-18(24)13-20(22)23(27)17-6-4-12-26(14-17)15-19-10-8-16-5-2-3-7-21(16)25-19/h2-3,5,7-11,13,17H,4,6,12,14-15H2,1H3. The Bertz CT molecular complexity index is 1000. The average Bonchev–Trinajstić information content (AvgIpc) is 2.73. The highest BCUT2D eigenvalue weighted by molar-refractivity contribution is 6.31. The average molecular weight is 395 g/mol. The van der Waals surface area contributed by atoms with Crippen LogP contribution in [0.15, 0.2) is 54.6 Å². The zero-order valence-corrected chi connectivity index (χ0v) is 16.7. The summed E-state index contributed by atoms with van der Waals surface area (Å²) in [5.74, 6) is 0.639. The van der Waals surface area contributed by atoms with Crippen molar-refractivity contribution in [2.75, 3.05) is 20.2 Å². The third-order valence-corrected chi connectivity index (χ3v) is 5.58. The molecule has 4 nitrogen and oxygen atoms in total. The van der Waals surface area contributed by atoms with Crippen molar-refractivity contribution in [2.45, 2.75) is 19.4 Å². The van der Waals surface area contributed by atoms with Gasteiger partial charge in [-0.25, -0.2) is 0 Å². The highest BCUT2D eigenvalue weighted by atomic mass is 35.5. The summed E-state index contributed by atoms with van der Waals surface area (Å²) in [5.41, 5.74) is 2.62. The summed E-state index contributed by atoms with van der Waals surface area (Å²) in [6.45, 7) is 2.45. The molecule has 0 saturated carbocycles. The number of ketones is 1. The van der Waals surface area contributed by atoms with Gasteiger partial charge in [-0.1, -0.05) is 35.9 Å². The van der Waals surface area contributed by atoms with Crippen molar-refractivity contribution in [3.8, 4) is 5.75 Å². The maximum absolute atomic E-state index is 13.1. The van der Waals surface area contributed by atoms with Gasteiger partial charge in [0.15, 0.2) is 5.78 Å². The predicted octanol–water partition coefficient (Wildman–Crippen LogP) is 4.99. The van der Waals surface area contributed by atoms with Crippen molar-refractivity contribution in [3.05, 3.63) is 70.9 Å². The van der Waals surface area contributed by atoms with E-state index in [2.05, 4.69) is 23.1 Å². The molecule has 144 valence electrons. The van der Waals surface area contributed by atoms with Gasteiger partial charge in [-0.3, -0.25) is 14.7 Å². The molecule has 1 aromatic heterocycles. The molecule has 28 heavy (non-hydrogen) atoms. The first-order chi connectivity index (χ1) is 13.6. The number of ether oxygens (including phenoxy) is 1. The van der Waals surface area contributed by atoms with Crippen molar-refractivity contribution in [1.82, 2.24) is 9.88 Å². The lowest BCUT2D eigenvalue weighted by Crippen LogP contribution is -2.38. The summed E-state index contributed by atoms with van der Waals surface area (Å²) in [6, 6.07) is 17.5.